The van der Waals surface area contributed by atoms with Gasteiger partial charge in [-0.2, -0.15) is 0 Å². The second-order valence-corrected chi connectivity index (χ2v) is 9.35. The van der Waals surface area contributed by atoms with E-state index in [2.05, 4.69) is 0 Å². The van der Waals surface area contributed by atoms with E-state index >= 15 is 0 Å². The van der Waals surface area contributed by atoms with E-state index in [1.807, 2.05) is 49.3 Å². The number of sulfonamides is 1. The fourth-order valence-corrected chi connectivity index (χ4v) is 5.74. The van der Waals surface area contributed by atoms with Crippen molar-refractivity contribution in [1.82, 2.24) is 9.21 Å². The van der Waals surface area contributed by atoms with Crippen molar-refractivity contribution < 1.29 is 13.5 Å². The first-order valence-corrected chi connectivity index (χ1v) is 9.73. The normalized spacial score (nSPS) is 28.0. The van der Waals surface area contributed by atoms with Gasteiger partial charge in [0.15, 0.2) is 0 Å². The Balaban J connectivity index is 1.62. The smallest absolute Gasteiger partial charge is 0.217 e. The molecule has 0 bridgehead atoms. The van der Waals surface area contributed by atoms with Crippen molar-refractivity contribution in [3.63, 3.8) is 0 Å². The second kappa shape index (κ2) is 6.16. The van der Waals surface area contributed by atoms with Crippen molar-refractivity contribution >= 4 is 10.0 Å². The van der Waals surface area contributed by atoms with Gasteiger partial charge in [-0.3, -0.25) is 0 Å². The van der Waals surface area contributed by atoms with Crippen molar-refractivity contribution in [2.24, 2.45) is 0 Å². The molecule has 1 aliphatic carbocycles. The van der Waals surface area contributed by atoms with Crippen LogP contribution in [0.4, 0.5) is 0 Å². The number of hydrogen-bond donors (Lipinski definition) is 1. The Morgan fingerprint density at radius 3 is 2.39 bits per heavy atom. The molecular weight excluding hydrogens is 312 g/mol. The van der Waals surface area contributed by atoms with Crippen LogP contribution in [0.25, 0.3) is 0 Å². The van der Waals surface area contributed by atoms with E-state index in [4.69, 9.17) is 0 Å². The van der Waals surface area contributed by atoms with Crippen LogP contribution in [0.3, 0.4) is 0 Å². The van der Waals surface area contributed by atoms with E-state index in [0.29, 0.717) is 38.9 Å². The SMILES string of the molecule is CN(C)CC1(O)CCN(S(=O)(=O)C2CC2c2ccccc2)CC1. The maximum atomic E-state index is 12.8. The highest BCUT2D eigenvalue weighted by Gasteiger charge is 2.51. The zero-order chi connectivity index (χ0) is 16.7. The molecule has 0 aromatic heterocycles. The fourth-order valence-electron chi connectivity index (χ4n) is 3.65. The van der Waals surface area contributed by atoms with Gasteiger partial charge in [0.2, 0.25) is 10.0 Å². The van der Waals surface area contributed by atoms with E-state index in [-0.39, 0.29) is 11.2 Å². The monoisotopic (exact) mass is 338 g/mol. The molecule has 128 valence electrons. The van der Waals surface area contributed by atoms with Gasteiger partial charge < -0.3 is 10.0 Å². The highest BCUT2D eigenvalue weighted by Crippen LogP contribution is 2.47. The first-order chi connectivity index (χ1) is 10.8. The molecule has 1 N–H and O–H groups in total. The van der Waals surface area contributed by atoms with Gasteiger partial charge in [-0.1, -0.05) is 30.3 Å². The Kier molecular flexibility index (Phi) is 4.53. The highest BCUT2D eigenvalue weighted by atomic mass is 32.2. The first kappa shape index (κ1) is 16.9. The van der Waals surface area contributed by atoms with E-state index in [1.54, 1.807) is 4.31 Å². The molecule has 3 rings (SSSR count). The van der Waals surface area contributed by atoms with Gasteiger partial charge in [0.05, 0.1) is 10.9 Å². The number of nitrogens with zero attached hydrogens (tertiary/aromatic N) is 2. The van der Waals surface area contributed by atoms with Gasteiger partial charge in [0.1, 0.15) is 0 Å². The van der Waals surface area contributed by atoms with Crippen LogP contribution in [-0.4, -0.2) is 67.3 Å². The predicted octanol–water partition coefficient (Wildman–Crippen LogP) is 1.26. The number of piperidine rings is 1. The van der Waals surface area contributed by atoms with Crippen molar-refractivity contribution in [3.8, 4) is 0 Å². The van der Waals surface area contributed by atoms with Crippen LogP contribution >= 0.6 is 0 Å². The molecule has 0 radical (unpaired) electrons. The number of rotatable bonds is 5. The van der Waals surface area contributed by atoms with E-state index in [9.17, 15) is 13.5 Å². The van der Waals surface area contributed by atoms with Crippen molar-refractivity contribution in [1.29, 1.82) is 0 Å². The molecule has 0 amide bonds. The maximum absolute atomic E-state index is 12.8. The van der Waals surface area contributed by atoms with Gasteiger partial charge in [-0.05, 0) is 38.9 Å². The average molecular weight is 338 g/mol. The van der Waals surface area contributed by atoms with E-state index in [1.165, 1.54) is 0 Å². The van der Waals surface area contributed by atoms with E-state index in [0.717, 1.165) is 5.56 Å². The first-order valence-electron chi connectivity index (χ1n) is 8.23. The molecule has 1 saturated carbocycles. The summed E-state index contributed by atoms with van der Waals surface area (Å²) >= 11 is 0. The predicted molar refractivity (Wildman–Crippen MR) is 90.8 cm³/mol. The van der Waals surface area contributed by atoms with Crippen LogP contribution in [0.1, 0.15) is 30.7 Å². The topological polar surface area (TPSA) is 60.9 Å². The molecule has 1 aliphatic heterocycles. The minimum atomic E-state index is -3.26. The molecular formula is C17H26N2O3S. The Morgan fingerprint density at radius 1 is 1.22 bits per heavy atom. The number of hydrogen-bond acceptors (Lipinski definition) is 4. The van der Waals surface area contributed by atoms with Crippen molar-refractivity contribution in [2.45, 2.75) is 36.0 Å². The van der Waals surface area contributed by atoms with Gasteiger partial charge in [0.25, 0.3) is 0 Å². The molecule has 0 spiro atoms. The summed E-state index contributed by atoms with van der Waals surface area (Å²) in [6, 6.07) is 9.88. The number of likely N-dealkylation sites (N-methyl/N-ethyl adjacent to an activating group) is 1. The minimum absolute atomic E-state index is 0.129. The lowest BCUT2D eigenvalue weighted by Crippen LogP contribution is -2.51. The molecule has 2 aliphatic rings. The molecule has 5 nitrogen and oxygen atoms in total. The average Bonchev–Trinajstić information content (AvgIpc) is 3.28. The summed E-state index contributed by atoms with van der Waals surface area (Å²) in [5.41, 5.74) is 0.347. The molecule has 1 aromatic rings. The summed E-state index contributed by atoms with van der Waals surface area (Å²) in [6.07, 6.45) is 1.73. The highest BCUT2D eigenvalue weighted by molar-refractivity contribution is 7.90. The van der Waals surface area contributed by atoms with Crippen LogP contribution < -0.4 is 0 Å². The van der Waals surface area contributed by atoms with Crippen molar-refractivity contribution in [2.75, 3.05) is 33.7 Å². The van der Waals surface area contributed by atoms with Crippen LogP contribution in [-0.2, 0) is 10.0 Å². The Labute approximate surface area is 139 Å². The standard InChI is InChI=1S/C17H26N2O3S/c1-18(2)13-17(20)8-10-19(11-9-17)23(21,22)16-12-15(16)14-6-4-3-5-7-14/h3-7,15-16,20H,8-13H2,1-2H3. The van der Waals surface area contributed by atoms with Gasteiger partial charge >= 0.3 is 0 Å². The zero-order valence-corrected chi connectivity index (χ0v) is 14.7. The molecule has 2 atom stereocenters. The molecule has 1 heterocycles. The second-order valence-electron chi connectivity index (χ2n) is 7.20. The summed E-state index contributed by atoms with van der Waals surface area (Å²) in [5, 5.41) is 10.3. The van der Waals surface area contributed by atoms with E-state index < -0.39 is 15.6 Å². The van der Waals surface area contributed by atoms with Crippen LogP contribution in [0.2, 0.25) is 0 Å². The van der Waals surface area contributed by atoms with Crippen LogP contribution in [0, 0.1) is 0 Å². The Bertz CT molecular complexity index is 637. The lowest BCUT2D eigenvalue weighted by molar-refractivity contribution is -0.0235. The summed E-state index contributed by atoms with van der Waals surface area (Å²) in [5.74, 6) is 0.129. The number of aliphatic hydroxyl groups is 1. The lowest BCUT2D eigenvalue weighted by atomic mass is 9.92. The minimum Gasteiger partial charge on any atom is -0.388 e. The molecule has 1 saturated heterocycles. The molecule has 23 heavy (non-hydrogen) atoms. The van der Waals surface area contributed by atoms with Crippen LogP contribution in [0.5, 0.6) is 0 Å². The third kappa shape index (κ3) is 3.60. The summed E-state index contributed by atoms with van der Waals surface area (Å²) in [6.45, 7) is 1.42. The lowest BCUT2D eigenvalue weighted by Gasteiger charge is -2.39. The summed E-state index contributed by atoms with van der Waals surface area (Å²) in [4.78, 5) is 1.95. The molecule has 1 aromatic carbocycles. The summed E-state index contributed by atoms with van der Waals surface area (Å²) in [7, 11) is 0.596. The molecule has 2 fully saturated rings. The zero-order valence-electron chi connectivity index (χ0n) is 13.9. The Hall–Kier alpha value is -0.950. The quantitative estimate of drug-likeness (QED) is 0.878. The largest absolute Gasteiger partial charge is 0.388 e. The van der Waals surface area contributed by atoms with Gasteiger partial charge in [-0.25, -0.2) is 12.7 Å². The molecule has 2 unspecified atom stereocenters. The van der Waals surface area contributed by atoms with Crippen molar-refractivity contribution in [3.05, 3.63) is 35.9 Å². The summed E-state index contributed by atoms with van der Waals surface area (Å²) < 4.78 is 27.2. The fraction of sp³-hybridized carbons (Fsp3) is 0.647. The number of benzene rings is 1. The third-order valence-electron chi connectivity index (χ3n) is 4.97. The van der Waals surface area contributed by atoms with Gasteiger partial charge in [-0.15, -0.1) is 0 Å². The third-order valence-corrected chi connectivity index (χ3v) is 7.34. The van der Waals surface area contributed by atoms with Crippen LogP contribution in [0.15, 0.2) is 30.3 Å². The Morgan fingerprint density at radius 2 is 1.83 bits per heavy atom. The maximum Gasteiger partial charge on any atom is 0.217 e. The van der Waals surface area contributed by atoms with Gasteiger partial charge in [0, 0.05) is 25.6 Å². The molecule has 6 heteroatoms.